The zero-order valence-electron chi connectivity index (χ0n) is 21.8. The molecule has 10 nitrogen and oxygen atoms in total. The maximum atomic E-state index is 13.4. The van der Waals surface area contributed by atoms with Gasteiger partial charge in [-0.05, 0) is 61.8 Å². The molecule has 2 rings (SSSR count). The zero-order valence-corrected chi connectivity index (χ0v) is 21.8. The Hall–Kier alpha value is -2.17. The number of imide groups is 1. The minimum atomic E-state index is -1.03. The number of aliphatic hydroxyl groups is 1. The Bertz CT molecular complexity index is 798. The monoisotopic (exact) mass is 484 g/mol. The van der Waals surface area contributed by atoms with Gasteiger partial charge in [-0.1, -0.05) is 6.08 Å². The third kappa shape index (κ3) is 6.70. The summed E-state index contributed by atoms with van der Waals surface area (Å²) in [7, 11) is 0. The molecule has 5 atom stereocenters. The molecule has 2 heterocycles. The summed E-state index contributed by atoms with van der Waals surface area (Å²) < 4.78 is 23.2. The molecule has 10 heteroatoms. The number of hydrogen-bond donors (Lipinski definition) is 1. The summed E-state index contributed by atoms with van der Waals surface area (Å²) >= 11 is 0. The number of ether oxygens (including phenoxy) is 4. The van der Waals surface area contributed by atoms with Gasteiger partial charge in [0, 0.05) is 6.92 Å². The van der Waals surface area contributed by atoms with Gasteiger partial charge in [0.25, 0.3) is 0 Å². The van der Waals surface area contributed by atoms with Gasteiger partial charge in [-0.25, -0.2) is 14.5 Å². The topological polar surface area (TPSA) is 115 Å². The molecule has 2 aliphatic heterocycles. The fourth-order valence-corrected chi connectivity index (χ4v) is 4.23. The Morgan fingerprint density at radius 1 is 1.09 bits per heavy atom. The molecule has 2 aliphatic rings. The molecule has 34 heavy (non-hydrogen) atoms. The van der Waals surface area contributed by atoms with Gasteiger partial charge < -0.3 is 24.1 Å². The quantitative estimate of drug-likeness (QED) is 0.592. The van der Waals surface area contributed by atoms with Crippen LogP contribution in [0.1, 0.15) is 68.7 Å². The van der Waals surface area contributed by atoms with E-state index >= 15 is 0 Å². The van der Waals surface area contributed by atoms with Gasteiger partial charge in [0.2, 0.25) is 5.91 Å². The first-order valence-corrected chi connectivity index (χ1v) is 11.5. The Morgan fingerprint density at radius 2 is 1.62 bits per heavy atom. The predicted molar refractivity (Wildman–Crippen MR) is 124 cm³/mol. The fraction of sp³-hybridized carbons (Fsp3) is 0.792. The summed E-state index contributed by atoms with van der Waals surface area (Å²) in [5.74, 6) is -1.55. The van der Waals surface area contributed by atoms with Crippen molar-refractivity contribution < 1.29 is 38.4 Å². The van der Waals surface area contributed by atoms with E-state index in [0.717, 1.165) is 4.90 Å². The van der Waals surface area contributed by atoms with Crippen molar-refractivity contribution in [3.05, 3.63) is 12.7 Å². The van der Waals surface area contributed by atoms with E-state index in [4.69, 9.17) is 18.9 Å². The van der Waals surface area contributed by atoms with E-state index in [-0.39, 0.29) is 13.0 Å². The molecule has 0 bridgehead atoms. The summed E-state index contributed by atoms with van der Waals surface area (Å²) in [6.45, 7) is 18.4. The van der Waals surface area contributed by atoms with Crippen LogP contribution >= 0.6 is 0 Å². The average molecular weight is 485 g/mol. The first-order chi connectivity index (χ1) is 15.4. The largest absolute Gasteiger partial charge is 0.444 e. The van der Waals surface area contributed by atoms with E-state index in [1.165, 1.54) is 11.8 Å². The van der Waals surface area contributed by atoms with Crippen LogP contribution in [-0.4, -0.2) is 86.9 Å². The van der Waals surface area contributed by atoms with Gasteiger partial charge in [-0.15, -0.1) is 6.58 Å². The molecule has 1 N–H and O–H groups in total. The second kappa shape index (κ2) is 9.83. The highest BCUT2D eigenvalue weighted by Gasteiger charge is 2.62. The van der Waals surface area contributed by atoms with Gasteiger partial charge in [0.15, 0.2) is 5.79 Å². The van der Waals surface area contributed by atoms with E-state index in [1.807, 2.05) is 0 Å². The number of carbonyl (C=O) groups excluding carboxylic acids is 3. The molecule has 3 amide bonds. The number of aliphatic hydroxyl groups excluding tert-OH is 1. The molecule has 194 valence electrons. The predicted octanol–water partition coefficient (Wildman–Crippen LogP) is 3.22. The smallest absolute Gasteiger partial charge is 0.417 e. The molecule has 0 unspecified atom stereocenters. The lowest BCUT2D eigenvalue weighted by molar-refractivity contribution is -0.173. The summed E-state index contributed by atoms with van der Waals surface area (Å²) in [5.41, 5.74) is -1.65. The molecule has 0 saturated carbocycles. The van der Waals surface area contributed by atoms with Crippen molar-refractivity contribution >= 4 is 18.1 Å². The Kier molecular flexibility index (Phi) is 8.11. The van der Waals surface area contributed by atoms with Crippen molar-refractivity contribution in [2.24, 2.45) is 0 Å². The van der Waals surface area contributed by atoms with Crippen LogP contribution in [0.4, 0.5) is 9.59 Å². The SMILES string of the molecule is C=CC[C@H](O)[C@H]1[C@H]2OC(C)(C)O[C@H]2[C@H](CN(C(C)=O)C(=O)OC(C)(C)C)N1C(=O)OC(C)(C)C. The third-order valence-electron chi connectivity index (χ3n) is 5.33. The van der Waals surface area contributed by atoms with Crippen molar-refractivity contribution in [3.63, 3.8) is 0 Å². The number of carbonyl (C=O) groups is 3. The maximum Gasteiger partial charge on any atom is 0.417 e. The van der Waals surface area contributed by atoms with Crippen molar-refractivity contribution in [1.82, 2.24) is 9.80 Å². The number of hydrogen-bond acceptors (Lipinski definition) is 8. The molecule has 0 spiro atoms. The Labute approximate surface area is 202 Å². The van der Waals surface area contributed by atoms with E-state index in [1.54, 1.807) is 61.5 Å². The lowest BCUT2D eigenvalue weighted by Gasteiger charge is -2.38. The van der Waals surface area contributed by atoms with Gasteiger partial charge >= 0.3 is 12.2 Å². The molecule has 0 radical (unpaired) electrons. The summed E-state index contributed by atoms with van der Waals surface area (Å²) in [4.78, 5) is 40.9. The van der Waals surface area contributed by atoms with E-state index in [9.17, 15) is 19.5 Å². The second-order valence-corrected chi connectivity index (χ2v) is 11.2. The lowest BCUT2D eigenvalue weighted by Crippen LogP contribution is -2.56. The fourth-order valence-electron chi connectivity index (χ4n) is 4.23. The van der Waals surface area contributed by atoms with Crippen LogP contribution in [0.25, 0.3) is 0 Å². The number of nitrogens with zero attached hydrogens (tertiary/aromatic N) is 2. The standard InChI is InChI=1S/C24H40N2O8/c1-11-12-16(28)17-19-18(31-24(9,10)32-19)15(26(17)21(30)34-23(6,7)8)13-25(14(2)27)20(29)33-22(3,4)5/h11,15-19,28H,1,12-13H2,2-10H3/t15-,16-,17-,18-,19+/m0/s1. The summed E-state index contributed by atoms with van der Waals surface area (Å²) in [5, 5.41) is 11.0. The normalized spacial score (nSPS) is 27.1. The van der Waals surface area contributed by atoms with Crippen molar-refractivity contribution in [2.75, 3.05) is 6.54 Å². The van der Waals surface area contributed by atoms with E-state index in [2.05, 4.69) is 6.58 Å². The molecule has 0 aromatic heterocycles. The highest BCUT2D eigenvalue weighted by atomic mass is 16.8. The van der Waals surface area contributed by atoms with Gasteiger partial charge in [0.1, 0.15) is 23.4 Å². The molecule has 2 saturated heterocycles. The second-order valence-electron chi connectivity index (χ2n) is 11.2. The van der Waals surface area contributed by atoms with Crippen LogP contribution in [0, 0.1) is 0 Å². The first kappa shape index (κ1) is 28.1. The number of rotatable bonds is 5. The summed E-state index contributed by atoms with van der Waals surface area (Å²) in [6, 6.07) is -1.69. The van der Waals surface area contributed by atoms with E-state index in [0.29, 0.717) is 0 Å². The molecule has 0 aliphatic carbocycles. The van der Waals surface area contributed by atoms with Crippen molar-refractivity contribution in [1.29, 1.82) is 0 Å². The molecule has 0 aromatic rings. The number of likely N-dealkylation sites (tertiary alicyclic amines) is 1. The van der Waals surface area contributed by atoms with Gasteiger partial charge in [0.05, 0.1) is 24.7 Å². The van der Waals surface area contributed by atoms with Crippen LogP contribution in [-0.2, 0) is 23.7 Å². The van der Waals surface area contributed by atoms with E-state index < -0.39 is 65.5 Å². The maximum absolute atomic E-state index is 13.4. The highest BCUT2D eigenvalue weighted by Crippen LogP contribution is 2.43. The molecule has 2 fully saturated rings. The highest BCUT2D eigenvalue weighted by molar-refractivity contribution is 5.90. The van der Waals surface area contributed by atoms with Crippen LogP contribution < -0.4 is 0 Å². The Morgan fingerprint density at radius 3 is 2.09 bits per heavy atom. The zero-order chi connectivity index (χ0) is 26.2. The molecule has 0 aromatic carbocycles. The summed E-state index contributed by atoms with van der Waals surface area (Å²) in [6.07, 6.45) is -2.29. The van der Waals surface area contributed by atoms with Crippen molar-refractivity contribution in [3.8, 4) is 0 Å². The minimum absolute atomic E-state index is 0.187. The van der Waals surface area contributed by atoms with Gasteiger partial charge in [-0.2, -0.15) is 0 Å². The Balaban J connectivity index is 2.51. The van der Waals surface area contributed by atoms with Gasteiger partial charge in [-0.3, -0.25) is 9.69 Å². The number of fused-ring (bicyclic) bond motifs is 1. The van der Waals surface area contributed by atoms with Crippen LogP contribution in [0.2, 0.25) is 0 Å². The third-order valence-corrected chi connectivity index (χ3v) is 5.33. The van der Waals surface area contributed by atoms with Crippen molar-refractivity contribution in [2.45, 2.75) is 116 Å². The van der Waals surface area contributed by atoms with Crippen LogP contribution in [0.5, 0.6) is 0 Å². The van der Waals surface area contributed by atoms with Crippen LogP contribution in [0.3, 0.4) is 0 Å². The molecular weight excluding hydrogens is 444 g/mol. The number of amides is 3. The molecular formula is C24H40N2O8. The first-order valence-electron chi connectivity index (χ1n) is 11.5. The lowest BCUT2D eigenvalue weighted by atomic mass is 10.0. The average Bonchev–Trinajstić information content (AvgIpc) is 3.06. The minimum Gasteiger partial charge on any atom is -0.444 e. The van der Waals surface area contributed by atoms with Crippen LogP contribution in [0.15, 0.2) is 12.7 Å².